The van der Waals surface area contributed by atoms with E-state index in [1.54, 1.807) is 53.3 Å². The molecule has 180 valence electrons. The van der Waals surface area contributed by atoms with Crippen molar-refractivity contribution in [3.8, 4) is 0 Å². The van der Waals surface area contributed by atoms with Crippen molar-refractivity contribution < 1.29 is 22.4 Å². The third kappa shape index (κ3) is 4.88. The number of carbonyl (C=O) groups is 1. The molecule has 4 aromatic rings. The molecular weight excluding hydrogens is 464 g/mol. The zero-order chi connectivity index (χ0) is 24.6. The van der Waals surface area contributed by atoms with E-state index in [4.69, 9.17) is 0 Å². The zero-order valence-electron chi connectivity index (χ0n) is 18.2. The van der Waals surface area contributed by atoms with Crippen molar-refractivity contribution in [1.29, 1.82) is 0 Å². The van der Waals surface area contributed by atoms with Gasteiger partial charge in [-0.15, -0.1) is 0 Å². The van der Waals surface area contributed by atoms with Crippen LogP contribution in [0.15, 0.2) is 73.1 Å². The average molecular weight is 484 g/mol. The molecule has 0 unspecified atom stereocenters. The molecule has 0 fully saturated rings. The highest BCUT2D eigenvalue weighted by Gasteiger charge is 2.46. The van der Waals surface area contributed by atoms with Gasteiger partial charge in [-0.1, -0.05) is 42.5 Å². The van der Waals surface area contributed by atoms with Crippen molar-refractivity contribution in [3.05, 3.63) is 95.7 Å². The molecule has 0 aliphatic carbocycles. The lowest BCUT2D eigenvalue weighted by Crippen LogP contribution is -2.35. The minimum Gasteiger partial charge on any atom is -0.363 e. The third-order valence-electron chi connectivity index (χ3n) is 5.77. The number of halogens is 4. The lowest BCUT2D eigenvalue weighted by Gasteiger charge is -2.33. The molecule has 2 atom stereocenters. The molecule has 0 radical (unpaired) electrons. The third-order valence-corrected chi connectivity index (χ3v) is 5.77. The van der Waals surface area contributed by atoms with Crippen LogP contribution in [0.5, 0.6) is 0 Å². The topological polar surface area (TPSA) is 76.8 Å². The fraction of sp³-hybridized carbons (Fsp3) is 0.208. The van der Waals surface area contributed by atoms with Crippen molar-refractivity contribution in [3.63, 3.8) is 0 Å². The van der Waals surface area contributed by atoms with Crippen molar-refractivity contribution >= 4 is 17.4 Å². The van der Waals surface area contributed by atoms with Crippen LogP contribution in [0, 0.1) is 5.82 Å². The van der Waals surface area contributed by atoms with E-state index < -0.39 is 24.2 Å². The van der Waals surface area contributed by atoms with Crippen molar-refractivity contribution in [2.45, 2.75) is 31.2 Å². The number of nitrogens with one attached hydrogen (secondary N) is 2. The Labute approximate surface area is 197 Å². The van der Waals surface area contributed by atoms with Gasteiger partial charge < -0.3 is 10.6 Å². The normalized spacial score (nSPS) is 17.5. The second kappa shape index (κ2) is 8.90. The lowest BCUT2D eigenvalue weighted by molar-refractivity contribution is -0.173. The maximum absolute atomic E-state index is 13.8. The number of anilines is 2. The molecule has 0 spiro atoms. The monoisotopic (exact) mass is 484 g/mol. The van der Waals surface area contributed by atoms with Gasteiger partial charge in [-0.25, -0.2) is 9.07 Å². The van der Waals surface area contributed by atoms with Gasteiger partial charge in [-0.05, 0) is 23.3 Å². The molecule has 5 rings (SSSR count). The van der Waals surface area contributed by atoms with Crippen LogP contribution in [0.1, 0.15) is 40.1 Å². The summed E-state index contributed by atoms with van der Waals surface area (Å²) in [5, 5.41) is 13.8. The maximum Gasteiger partial charge on any atom is 0.410 e. The Morgan fingerprint density at radius 3 is 2.57 bits per heavy atom. The number of aromatic nitrogens is 4. The van der Waals surface area contributed by atoms with Crippen molar-refractivity contribution in [2.24, 2.45) is 0 Å². The van der Waals surface area contributed by atoms with Crippen molar-refractivity contribution in [2.75, 3.05) is 10.6 Å². The van der Waals surface area contributed by atoms with Gasteiger partial charge in [0.15, 0.2) is 11.7 Å². The number of amides is 1. The fourth-order valence-electron chi connectivity index (χ4n) is 4.07. The molecule has 0 bridgehead atoms. The van der Waals surface area contributed by atoms with Gasteiger partial charge in [0.2, 0.25) is 0 Å². The number of rotatable bonds is 5. The van der Waals surface area contributed by atoms with E-state index in [-0.39, 0.29) is 23.7 Å². The summed E-state index contributed by atoms with van der Waals surface area (Å²) in [6.07, 6.45) is -1.80. The molecule has 2 aromatic carbocycles. The average Bonchev–Trinajstić information content (AvgIpc) is 3.46. The SMILES string of the molecule is O=C(Nc1cnn(Cc2ccc(F)cc2)c1)c1cc2n(n1)[C@H](C(F)(F)F)C[C@@H](c1ccccc1)N2. The van der Waals surface area contributed by atoms with E-state index >= 15 is 0 Å². The van der Waals surface area contributed by atoms with Gasteiger partial charge in [0.25, 0.3) is 5.91 Å². The molecule has 35 heavy (non-hydrogen) atoms. The minimum atomic E-state index is -4.54. The largest absolute Gasteiger partial charge is 0.410 e. The fourth-order valence-corrected chi connectivity index (χ4v) is 4.07. The van der Waals surface area contributed by atoms with E-state index in [0.717, 1.165) is 10.2 Å². The van der Waals surface area contributed by atoms with Gasteiger partial charge in [-0.2, -0.15) is 23.4 Å². The standard InChI is InChI=1S/C24H20F4N6O/c25-17-8-6-15(7-9-17)13-33-14-18(12-29-33)30-23(35)20-11-22-31-19(16-4-2-1-3-5-16)10-21(24(26,27)28)34(22)32-20/h1-9,11-12,14,19,21,31H,10,13H2,(H,30,35)/t19-,21-/m0/s1. The van der Waals surface area contributed by atoms with Crippen LogP contribution in [0.2, 0.25) is 0 Å². The number of benzene rings is 2. The Bertz CT molecular complexity index is 1330. The molecule has 0 saturated heterocycles. The first-order chi connectivity index (χ1) is 16.8. The molecule has 2 N–H and O–H groups in total. The van der Waals surface area contributed by atoms with Gasteiger partial charge in [-0.3, -0.25) is 9.48 Å². The molecule has 0 saturated carbocycles. The summed E-state index contributed by atoms with van der Waals surface area (Å²) in [5.41, 5.74) is 1.73. The number of carbonyl (C=O) groups excluding carboxylic acids is 1. The zero-order valence-corrected chi connectivity index (χ0v) is 18.2. The predicted octanol–water partition coefficient (Wildman–Crippen LogP) is 5.18. The van der Waals surface area contributed by atoms with E-state index in [0.29, 0.717) is 17.8 Å². The molecule has 3 heterocycles. The lowest BCUT2D eigenvalue weighted by atomic mass is 9.97. The molecule has 1 aliphatic heterocycles. The Hall–Kier alpha value is -4.15. The first kappa shape index (κ1) is 22.6. The van der Waals surface area contributed by atoms with E-state index in [9.17, 15) is 22.4 Å². The Morgan fingerprint density at radius 2 is 1.86 bits per heavy atom. The summed E-state index contributed by atoms with van der Waals surface area (Å²) in [6, 6.07) is 13.6. The van der Waals surface area contributed by atoms with Gasteiger partial charge in [0.05, 0.1) is 24.5 Å². The van der Waals surface area contributed by atoms with E-state index in [2.05, 4.69) is 20.8 Å². The second-order valence-electron chi connectivity index (χ2n) is 8.27. The van der Waals surface area contributed by atoms with Crippen LogP contribution in [-0.4, -0.2) is 31.6 Å². The number of nitrogens with zero attached hydrogens (tertiary/aromatic N) is 4. The number of alkyl halides is 3. The van der Waals surface area contributed by atoms with Crippen LogP contribution in [0.25, 0.3) is 0 Å². The second-order valence-corrected chi connectivity index (χ2v) is 8.27. The summed E-state index contributed by atoms with van der Waals surface area (Å²) in [7, 11) is 0. The quantitative estimate of drug-likeness (QED) is 0.383. The van der Waals surface area contributed by atoms with Crippen LogP contribution in [0.3, 0.4) is 0 Å². The summed E-state index contributed by atoms with van der Waals surface area (Å²) in [6.45, 7) is 0.354. The minimum absolute atomic E-state index is 0.115. The molecule has 11 heteroatoms. The highest BCUT2D eigenvalue weighted by atomic mass is 19.4. The van der Waals surface area contributed by atoms with E-state index in [1.165, 1.54) is 24.4 Å². The molecule has 1 aliphatic rings. The summed E-state index contributed by atoms with van der Waals surface area (Å²) in [5.74, 6) is -0.890. The summed E-state index contributed by atoms with van der Waals surface area (Å²) >= 11 is 0. The number of hydrogen-bond acceptors (Lipinski definition) is 4. The Morgan fingerprint density at radius 1 is 1.11 bits per heavy atom. The van der Waals surface area contributed by atoms with Crippen LogP contribution in [0.4, 0.5) is 29.1 Å². The first-order valence-corrected chi connectivity index (χ1v) is 10.8. The molecular formula is C24H20F4N6O. The highest BCUT2D eigenvalue weighted by Crippen LogP contribution is 2.43. The molecule has 2 aromatic heterocycles. The van der Waals surface area contributed by atoms with Gasteiger partial charge >= 0.3 is 6.18 Å². The highest BCUT2D eigenvalue weighted by molar-refractivity contribution is 6.03. The Kier molecular flexibility index (Phi) is 5.75. The summed E-state index contributed by atoms with van der Waals surface area (Å²) < 4.78 is 57.0. The number of fused-ring (bicyclic) bond motifs is 1. The predicted molar refractivity (Wildman–Crippen MR) is 120 cm³/mol. The molecule has 7 nitrogen and oxygen atoms in total. The smallest absolute Gasteiger partial charge is 0.363 e. The Balaban J connectivity index is 1.33. The maximum atomic E-state index is 13.8. The molecule has 1 amide bonds. The van der Waals surface area contributed by atoms with E-state index in [1.807, 2.05) is 0 Å². The first-order valence-electron chi connectivity index (χ1n) is 10.8. The van der Waals surface area contributed by atoms with Crippen LogP contribution < -0.4 is 10.6 Å². The number of hydrogen-bond donors (Lipinski definition) is 2. The summed E-state index contributed by atoms with van der Waals surface area (Å²) in [4.78, 5) is 12.8. The van der Waals surface area contributed by atoms with Gasteiger partial charge in [0, 0.05) is 18.7 Å². The van der Waals surface area contributed by atoms with Crippen molar-refractivity contribution in [1.82, 2.24) is 19.6 Å². The van der Waals surface area contributed by atoms with Crippen LogP contribution >= 0.6 is 0 Å². The van der Waals surface area contributed by atoms with Crippen LogP contribution in [-0.2, 0) is 6.54 Å². The van der Waals surface area contributed by atoms with Gasteiger partial charge in [0.1, 0.15) is 11.6 Å².